The quantitative estimate of drug-likeness (QED) is 0.385. The average molecular weight is 445 g/mol. The molecule has 166 valence electrons. The highest BCUT2D eigenvalue weighted by Crippen LogP contribution is 2.36. The van der Waals surface area contributed by atoms with E-state index in [9.17, 15) is 18.0 Å². The number of hydrogen-bond acceptors (Lipinski definition) is 7. The van der Waals surface area contributed by atoms with Gasteiger partial charge in [-0.3, -0.25) is 4.98 Å². The molecule has 0 bridgehead atoms. The van der Waals surface area contributed by atoms with Gasteiger partial charge >= 0.3 is 11.9 Å². The molecule has 32 heavy (non-hydrogen) atoms. The number of halogens is 3. The van der Waals surface area contributed by atoms with Crippen LogP contribution in [0.25, 0.3) is 11.1 Å². The molecule has 0 saturated heterocycles. The van der Waals surface area contributed by atoms with E-state index in [0.717, 1.165) is 12.7 Å². The monoisotopic (exact) mass is 445 g/mol. The molecule has 2 aromatic heterocycles. The predicted octanol–water partition coefficient (Wildman–Crippen LogP) is 4.96. The van der Waals surface area contributed by atoms with Crippen LogP contribution in [0.2, 0.25) is 0 Å². The summed E-state index contributed by atoms with van der Waals surface area (Å²) in [5.41, 5.74) is 2.67. The number of hydrogen-bond donors (Lipinski definition) is 3. The second kappa shape index (κ2) is 8.35. The minimum absolute atomic E-state index is 0.0436. The Morgan fingerprint density at radius 2 is 1.91 bits per heavy atom. The van der Waals surface area contributed by atoms with Gasteiger partial charge in [0.2, 0.25) is 5.95 Å². The summed E-state index contributed by atoms with van der Waals surface area (Å²) in [5.74, 6) is 0.119. The van der Waals surface area contributed by atoms with E-state index in [1.54, 1.807) is 37.4 Å². The standard InChI is InChI=1S/C21H18F3N5O3/c1-11-10-25-19(27-13-5-3-4-12(8-13)17(31-2)21(22,23)24)29-18(11)26-14-6-7-16-15(9-14)28-20(30)32-16/h3-10,17H,1-2H3,(H,28,30)(H2,25,26,27,29). The van der Waals surface area contributed by atoms with Crippen molar-refractivity contribution in [2.24, 2.45) is 0 Å². The van der Waals surface area contributed by atoms with Crippen LogP contribution in [0.5, 0.6) is 0 Å². The largest absolute Gasteiger partial charge is 0.418 e. The molecule has 0 aliphatic rings. The predicted molar refractivity (Wildman–Crippen MR) is 112 cm³/mol. The zero-order valence-corrected chi connectivity index (χ0v) is 16.9. The third-order valence-corrected chi connectivity index (χ3v) is 4.63. The molecule has 0 spiro atoms. The second-order valence-corrected chi connectivity index (χ2v) is 6.98. The summed E-state index contributed by atoms with van der Waals surface area (Å²) in [4.78, 5) is 22.5. The summed E-state index contributed by atoms with van der Waals surface area (Å²) >= 11 is 0. The van der Waals surface area contributed by atoms with E-state index >= 15 is 0 Å². The van der Waals surface area contributed by atoms with E-state index in [1.165, 1.54) is 18.2 Å². The molecule has 0 saturated carbocycles. The van der Waals surface area contributed by atoms with Gasteiger partial charge in [0.1, 0.15) is 5.82 Å². The molecule has 2 heterocycles. The van der Waals surface area contributed by atoms with Gasteiger partial charge in [-0.1, -0.05) is 12.1 Å². The highest BCUT2D eigenvalue weighted by Gasteiger charge is 2.41. The van der Waals surface area contributed by atoms with Crippen LogP contribution in [-0.2, 0) is 4.74 Å². The van der Waals surface area contributed by atoms with Gasteiger partial charge < -0.3 is 19.8 Å². The Morgan fingerprint density at radius 1 is 1.12 bits per heavy atom. The SMILES string of the molecule is COC(c1cccc(Nc2ncc(C)c(Nc3ccc4oc(=O)[nH]c4c3)n2)c1)C(F)(F)F. The number of benzene rings is 2. The number of fused-ring (bicyclic) bond motifs is 1. The van der Waals surface area contributed by atoms with Crippen LogP contribution < -0.4 is 16.4 Å². The molecule has 11 heteroatoms. The summed E-state index contributed by atoms with van der Waals surface area (Å²) in [5, 5.41) is 6.05. The Bertz CT molecular complexity index is 1320. The Labute approximate surface area is 179 Å². The fraction of sp³-hybridized carbons (Fsp3) is 0.190. The van der Waals surface area contributed by atoms with Crippen LogP contribution in [0.15, 0.2) is 57.9 Å². The number of aryl methyl sites for hydroxylation is 1. The van der Waals surface area contributed by atoms with E-state index in [0.29, 0.717) is 28.3 Å². The number of anilines is 4. The summed E-state index contributed by atoms with van der Waals surface area (Å²) in [6, 6.07) is 10.8. The summed E-state index contributed by atoms with van der Waals surface area (Å²) < 4.78 is 49.1. The number of ether oxygens (including phenoxy) is 1. The fourth-order valence-corrected chi connectivity index (χ4v) is 3.16. The maximum atomic E-state index is 13.2. The molecular weight excluding hydrogens is 427 g/mol. The number of aromatic nitrogens is 3. The third kappa shape index (κ3) is 4.57. The Kier molecular flexibility index (Phi) is 5.57. The van der Waals surface area contributed by atoms with Crippen LogP contribution in [0.3, 0.4) is 0 Å². The van der Waals surface area contributed by atoms with Gasteiger partial charge in [-0.05, 0) is 42.8 Å². The molecule has 4 aromatic rings. The van der Waals surface area contributed by atoms with Crippen molar-refractivity contribution in [1.82, 2.24) is 15.0 Å². The van der Waals surface area contributed by atoms with E-state index < -0.39 is 18.0 Å². The summed E-state index contributed by atoms with van der Waals surface area (Å²) in [7, 11) is 1.01. The lowest BCUT2D eigenvalue weighted by Gasteiger charge is -2.19. The van der Waals surface area contributed by atoms with Gasteiger partial charge in [-0.25, -0.2) is 9.78 Å². The molecule has 0 amide bonds. The number of nitrogens with zero attached hydrogens (tertiary/aromatic N) is 2. The van der Waals surface area contributed by atoms with Crippen LogP contribution in [0.1, 0.15) is 17.2 Å². The van der Waals surface area contributed by atoms with Crippen molar-refractivity contribution in [3.63, 3.8) is 0 Å². The molecule has 3 N–H and O–H groups in total. The second-order valence-electron chi connectivity index (χ2n) is 6.98. The van der Waals surface area contributed by atoms with E-state index in [-0.39, 0.29) is 11.5 Å². The molecule has 0 fully saturated rings. The first-order valence-corrected chi connectivity index (χ1v) is 9.43. The van der Waals surface area contributed by atoms with E-state index in [1.807, 2.05) is 0 Å². The Hall–Kier alpha value is -3.86. The first kappa shape index (κ1) is 21.4. The molecule has 0 aliphatic heterocycles. The molecule has 8 nitrogen and oxygen atoms in total. The third-order valence-electron chi connectivity index (χ3n) is 4.63. The zero-order chi connectivity index (χ0) is 22.9. The molecule has 0 radical (unpaired) electrons. The highest BCUT2D eigenvalue weighted by atomic mass is 19.4. The normalized spacial score (nSPS) is 12.7. The van der Waals surface area contributed by atoms with Gasteiger partial charge in [-0.2, -0.15) is 18.2 Å². The first-order chi connectivity index (χ1) is 15.2. The highest BCUT2D eigenvalue weighted by molar-refractivity contribution is 5.78. The van der Waals surface area contributed by atoms with Crippen molar-refractivity contribution in [3.8, 4) is 0 Å². The molecule has 0 aliphatic carbocycles. The lowest BCUT2D eigenvalue weighted by atomic mass is 10.1. The van der Waals surface area contributed by atoms with Crippen molar-refractivity contribution in [2.45, 2.75) is 19.2 Å². The van der Waals surface area contributed by atoms with Crippen molar-refractivity contribution in [3.05, 3.63) is 70.3 Å². The van der Waals surface area contributed by atoms with Crippen LogP contribution in [0.4, 0.5) is 36.3 Å². The van der Waals surface area contributed by atoms with Crippen molar-refractivity contribution in [1.29, 1.82) is 0 Å². The van der Waals surface area contributed by atoms with Crippen LogP contribution in [-0.4, -0.2) is 28.2 Å². The Balaban J connectivity index is 1.57. The number of H-pyrrole nitrogens is 1. The lowest BCUT2D eigenvalue weighted by Crippen LogP contribution is -2.22. The van der Waals surface area contributed by atoms with Crippen molar-refractivity contribution < 1.29 is 22.3 Å². The zero-order valence-electron chi connectivity index (χ0n) is 16.9. The lowest BCUT2D eigenvalue weighted by molar-refractivity contribution is -0.215. The number of oxazole rings is 1. The van der Waals surface area contributed by atoms with Gasteiger partial charge in [0.05, 0.1) is 5.52 Å². The van der Waals surface area contributed by atoms with Crippen LogP contribution >= 0.6 is 0 Å². The maximum absolute atomic E-state index is 13.2. The Morgan fingerprint density at radius 3 is 2.66 bits per heavy atom. The maximum Gasteiger partial charge on any atom is 0.418 e. The summed E-state index contributed by atoms with van der Waals surface area (Å²) in [6.07, 6.45) is -5.00. The number of alkyl halides is 3. The summed E-state index contributed by atoms with van der Waals surface area (Å²) in [6.45, 7) is 1.80. The minimum atomic E-state index is -4.54. The van der Waals surface area contributed by atoms with Crippen molar-refractivity contribution in [2.75, 3.05) is 17.7 Å². The molecule has 4 rings (SSSR count). The average Bonchev–Trinajstić information content (AvgIpc) is 3.09. The van der Waals surface area contributed by atoms with Gasteiger partial charge in [0.15, 0.2) is 11.7 Å². The number of aromatic amines is 1. The molecule has 1 atom stereocenters. The molecule has 1 unspecified atom stereocenters. The fourth-order valence-electron chi connectivity index (χ4n) is 3.16. The van der Waals surface area contributed by atoms with Gasteiger partial charge in [0, 0.05) is 30.2 Å². The van der Waals surface area contributed by atoms with Crippen LogP contribution in [0, 0.1) is 6.92 Å². The minimum Gasteiger partial charge on any atom is -0.408 e. The first-order valence-electron chi connectivity index (χ1n) is 9.43. The topological polar surface area (TPSA) is 105 Å². The number of methoxy groups -OCH3 is 1. The number of rotatable bonds is 6. The van der Waals surface area contributed by atoms with Gasteiger partial charge in [-0.15, -0.1) is 0 Å². The molecule has 2 aromatic carbocycles. The van der Waals surface area contributed by atoms with Crippen molar-refractivity contribution >= 4 is 34.2 Å². The van der Waals surface area contributed by atoms with E-state index in [4.69, 9.17) is 4.42 Å². The number of nitrogens with one attached hydrogen (secondary N) is 3. The molecular formula is C21H18F3N5O3. The van der Waals surface area contributed by atoms with Gasteiger partial charge in [0.25, 0.3) is 0 Å². The smallest absolute Gasteiger partial charge is 0.408 e. The van der Waals surface area contributed by atoms with E-state index in [2.05, 4.69) is 30.3 Å².